The summed E-state index contributed by atoms with van der Waals surface area (Å²) in [6.07, 6.45) is 1.59. The van der Waals surface area contributed by atoms with Crippen molar-refractivity contribution < 1.29 is 14.3 Å². The van der Waals surface area contributed by atoms with Gasteiger partial charge in [0.25, 0.3) is 5.91 Å². The number of nitrogens with one attached hydrogen (secondary N) is 1. The summed E-state index contributed by atoms with van der Waals surface area (Å²) in [6.45, 7) is 2.53. The fraction of sp³-hybridized carbons (Fsp3) is 0.467. The van der Waals surface area contributed by atoms with Gasteiger partial charge in [-0.15, -0.1) is 0 Å². The first-order chi connectivity index (χ1) is 9.66. The van der Waals surface area contributed by atoms with Crippen LogP contribution in [-0.4, -0.2) is 30.6 Å². The zero-order valence-corrected chi connectivity index (χ0v) is 11.5. The van der Waals surface area contributed by atoms with Crippen molar-refractivity contribution in [2.45, 2.75) is 38.3 Å². The molecule has 5 heteroatoms. The number of hydrogen-bond donors (Lipinski definition) is 1. The number of benzene rings is 1. The van der Waals surface area contributed by atoms with E-state index in [9.17, 15) is 9.59 Å². The van der Waals surface area contributed by atoms with E-state index in [1.807, 2.05) is 31.2 Å². The predicted molar refractivity (Wildman–Crippen MR) is 75.6 cm³/mol. The largest absolute Gasteiger partial charge is 0.368 e. The number of ether oxygens (including phenoxy) is 1. The highest BCUT2D eigenvalue weighted by molar-refractivity contribution is 6.05. The molecule has 0 spiro atoms. The molecule has 2 heterocycles. The van der Waals surface area contributed by atoms with Crippen molar-refractivity contribution in [1.82, 2.24) is 0 Å². The number of nitrogens with zero attached hydrogens (tertiary/aromatic N) is 1. The molecule has 1 saturated heterocycles. The monoisotopic (exact) mass is 274 g/mol. The molecular weight excluding hydrogens is 256 g/mol. The Morgan fingerprint density at radius 2 is 2.20 bits per heavy atom. The van der Waals surface area contributed by atoms with Crippen LogP contribution in [0, 0.1) is 0 Å². The normalized spacial score (nSPS) is 25.9. The predicted octanol–water partition coefficient (Wildman–Crippen LogP) is 1.93. The molecule has 2 atom stereocenters. The van der Waals surface area contributed by atoms with Crippen LogP contribution in [0.1, 0.15) is 26.2 Å². The number of anilines is 2. The Morgan fingerprint density at radius 1 is 1.40 bits per heavy atom. The molecule has 0 radical (unpaired) electrons. The summed E-state index contributed by atoms with van der Waals surface area (Å²) in [5.41, 5.74) is 1.44. The van der Waals surface area contributed by atoms with Gasteiger partial charge in [-0.3, -0.25) is 9.59 Å². The van der Waals surface area contributed by atoms with Crippen molar-refractivity contribution in [1.29, 1.82) is 0 Å². The fourth-order valence-electron chi connectivity index (χ4n) is 2.85. The summed E-state index contributed by atoms with van der Waals surface area (Å²) in [7, 11) is 0. The van der Waals surface area contributed by atoms with Crippen LogP contribution < -0.4 is 10.2 Å². The van der Waals surface area contributed by atoms with Crippen molar-refractivity contribution >= 4 is 23.2 Å². The van der Waals surface area contributed by atoms with Crippen molar-refractivity contribution in [3.63, 3.8) is 0 Å². The quantitative estimate of drug-likeness (QED) is 0.851. The summed E-state index contributed by atoms with van der Waals surface area (Å²) in [6, 6.07) is 7.24. The molecule has 20 heavy (non-hydrogen) atoms. The van der Waals surface area contributed by atoms with E-state index < -0.39 is 0 Å². The molecular formula is C15H18N2O3. The molecule has 1 aromatic rings. The Bertz CT molecular complexity index is 538. The van der Waals surface area contributed by atoms with E-state index in [0.29, 0.717) is 18.7 Å². The Morgan fingerprint density at radius 3 is 2.95 bits per heavy atom. The third-order valence-corrected chi connectivity index (χ3v) is 3.80. The second-order valence-corrected chi connectivity index (χ2v) is 5.33. The average Bonchev–Trinajstić information content (AvgIpc) is 2.90. The minimum Gasteiger partial charge on any atom is -0.368 e. The molecule has 106 valence electrons. The van der Waals surface area contributed by atoms with Gasteiger partial charge in [-0.25, -0.2) is 0 Å². The van der Waals surface area contributed by atoms with E-state index in [4.69, 9.17) is 4.74 Å². The number of carbonyl (C=O) groups is 2. The second-order valence-electron chi connectivity index (χ2n) is 5.33. The molecule has 2 aliphatic heterocycles. The topological polar surface area (TPSA) is 58.6 Å². The minimum atomic E-state index is -0.376. The maximum absolute atomic E-state index is 12.7. The zero-order chi connectivity index (χ0) is 14.1. The third-order valence-electron chi connectivity index (χ3n) is 3.80. The summed E-state index contributed by atoms with van der Waals surface area (Å²) in [4.78, 5) is 26.3. The molecule has 3 rings (SSSR count). The average molecular weight is 274 g/mol. The van der Waals surface area contributed by atoms with Gasteiger partial charge in [-0.05, 0) is 31.9 Å². The molecule has 2 aliphatic rings. The first kappa shape index (κ1) is 13.1. The van der Waals surface area contributed by atoms with E-state index >= 15 is 0 Å². The van der Waals surface area contributed by atoms with Crippen LogP contribution >= 0.6 is 0 Å². The number of amides is 2. The highest BCUT2D eigenvalue weighted by Crippen LogP contribution is 2.32. The molecule has 0 bridgehead atoms. The molecule has 0 aromatic heterocycles. The van der Waals surface area contributed by atoms with Gasteiger partial charge in [0.05, 0.1) is 11.4 Å². The SMILES string of the molecule is CC1CC(=O)Nc2ccccc2N1C(=O)C1CCCO1. The van der Waals surface area contributed by atoms with Crippen LogP contribution in [0.25, 0.3) is 0 Å². The molecule has 1 N–H and O–H groups in total. The van der Waals surface area contributed by atoms with Gasteiger partial charge in [0.15, 0.2) is 0 Å². The Hall–Kier alpha value is -1.88. The molecule has 5 nitrogen and oxygen atoms in total. The van der Waals surface area contributed by atoms with Gasteiger partial charge < -0.3 is 15.0 Å². The summed E-state index contributed by atoms with van der Waals surface area (Å²) >= 11 is 0. The summed E-state index contributed by atoms with van der Waals surface area (Å²) in [5, 5.41) is 2.85. The van der Waals surface area contributed by atoms with Gasteiger partial charge in [-0.1, -0.05) is 12.1 Å². The lowest BCUT2D eigenvalue weighted by Crippen LogP contribution is -2.44. The maximum atomic E-state index is 12.7. The first-order valence-corrected chi connectivity index (χ1v) is 7.00. The van der Waals surface area contributed by atoms with E-state index in [-0.39, 0.29) is 24.0 Å². The summed E-state index contributed by atoms with van der Waals surface area (Å²) in [5.74, 6) is -0.105. The fourth-order valence-corrected chi connectivity index (χ4v) is 2.85. The van der Waals surface area contributed by atoms with E-state index in [2.05, 4.69) is 5.32 Å². The van der Waals surface area contributed by atoms with E-state index in [1.165, 1.54) is 0 Å². The Kier molecular flexibility index (Phi) is 3.44. The molecule has 0 saturated carbocycles. The highest BCUT2D eigenvalue weighted by Gasteiger charge is 2.35. The Balaban J connectivity index is 1.98. The van der Waals surface area contributed by atoms with Crippen molar-refractivity contribution in [3.8, 4) is 0 Å². The van der Waals surface area contributed by atoms with Gasteiger partial charge >= 0.3 is 0 Å². The number of fused-ring (bicyclic) bond motifs is 1. The molecule has 1 fully saturated rings. The van der Waals surface area contributed by atoms with Crippen molar-refractivity contribution in [3.05, 3.63) is 24.3 Å². The standard InChI is InChI=1S/C15H18N2O3/c1-10-9-14(18)16-11-5-2-3-6-12(11)17(10)15(19)13-7-4-8-20-13/h2-3,5-6,10,13H,4,7-9H2,1H3,(H,16,18). The van der Waals surface area contributed by atoms with Crippen LogP contribution in [0.4, 0.5) is 11.4 Å². The third kappa shape index (κ3) is 2.29. The smallest absolute Gasteiger partial charge is 0.256 e. The lowest BCUT2D eigenvalue weighted by Gasteiger charge is -2.29. The van der Waals surface area contributed by atoms with Gasteiger partial charge in [0, 0.05) is 19.1 Å². The van der Waals surface area contributed by atoms with Crippen molar-refractivity contribution in [2.24, 2.45) is 0 Å². The highest BCUT2D eigenvalue weighted by atomic mass is 16.5. The lowest BCUT2D eigenvalue weighted by atomic mass is 10.1. The summed E-state index contributed by atoms with van der Waals surface area (Å²) < 4.78 is 5.50. The van der Waals surface area contributed by atoms with E-state index in [0.717, 1.165) is 18.5 Å². The van der Waals surface area contributed by atoms with Crippen LogP contribution in [0.3, 0.4) is 0 Å². The molecule has 2 unspecified atom stereocenters. The Labute approximate surface area is 117 Å². The zero-order valence-electron chi connectivity index (χ0n) is 11.5. The van der Waals surface area contributed by atoms with E-state index in [1.54, 1.807) is 4.90 Å². The van der Waals surface area contributed by atoms with Crippen LogP contribution in [0.2, 0.25) is 0 Å². The van der Waals surface area contributed by atoms with Crippen molar-refractivity contribution in [2.75, 3.05) is 16.8 Å². The second kappa shape index (κ2) is 5.25. The van der Waals surface area contributed by atoms with Gasteiger partial charge in [-0.2, -0.15) is 0 Å². The maximum Gasteiger partial charge on any atom is 0.256 e. The van der Waals surface area contributed by atoms with Gasteiger partial charge in [0.2, 0.25) is 5.91 Å². The number of rotatable bonds is 1. The molecule has 1 aromatic carbocycles. The number of para-hydroxylation sites is 2. The van der Waals surface area contributed by atoms with Crippen LogP contribution in [0.5, 0.6) is 0 Å². The molecule has 0 aliphatic carbocycles. The lowest BCUT2D eigenvalue weighted by molar-refractivity contribution is -0.127. The van der Waals surface area contributed by atoms with Gasteiger partial charge in [0.1, 0.15) is 6.10 Å². The number of carbonyl (C=O) groups excluding carboxylic acids is 2. The van der Waals surface area contributed by atoms with Crippen LogP contribution in [-0.2, 0) is 14.3 Å². The first-order valence-electron chi connectivity index (χ1n) is 7.00. The minimum absolute atomic E-state index is 0.0426. The molecule has 2 amide bonds. The van der Waals surface area contributed by atoms with Crippen LogP contribution in [0.15, 0.2) is 24.3 Å². The number of hydrogen-bond acceptors (Lipinski definition) is 3.